The fourth-order valence-corrected chi connectivity index (χ4v) is 3.09. The van der Waals surface area contributed by atoms with Gasteiger partial charge in [-0.3, -0.25) is 4.79 Å². The van der Waals surface area contributed by atoms with E-state index in [2.05, 4.69) is 0 Å². The molecule has 0 amide bonds. The van der Waals surface area contributed by atoms with E-state index in [0.29, 0.717) is 6.61 Å². The Labute approximate surface area is 86.0 Å². The molecule has 0 aliphatic heterocycles. The van der Waals surface area contributed by atoms with Crippen molar-refractivity contribution in [2.75, 3.05) is 6.61 Å². The number of hydrogen-bond acceptors (Lipinski definition) is 2. The number of fused-ring (bicyclic) bond motifs is 4. The van der Waals surface area contributed by atoms with Crippen LogP contribution in [0.25, 0.3) is 0 Å². The molecule has 2 nitrogen and oxygen atoms in total. The normalized spacial score (nSPS) is 36.5. The van der Waals surface area contributed by atoms with Crippen LogP contribution in [0.1, 0.15) is 51.9 Å². The predicted octanol–water partition coefficient (Wildman–Crippen LogP) is 2.91. The topological polar surface area (TPSA) is 26.3 Å². The molecular formula is C12H20O2. The van der Waals surface area contributed by atoms with Gasteiger partial charge in [0.25, 0.3) is 0 Å². The van der Waals surface area contributed by atoms with Gasteiger partial charge in [0.15, 0.2) is 0 Å². The van der Waals surface area contributed by atoms with Crippen molar-refractivity contribution >= 4 is 5.97 Å². The van der Waals surface area contributed by atoms with Gasteiger partial charge >= 0.3 is 5.97 Å². The molecule has 0 aromatic carbocycles. The molecule has 2 heteroatoms. The lowest BCUT2D eigenvalue weighted by molar-refractivity contribution is -0.158. The van der Waals surface area contributed by atoms with Gasteiger partial charge in [0.05, 0.1) is 12.0 Å². The molecule has 14 heavy (non-hydrogen) atoms. The molecule has 0 N–H and O–H groups in total. The zero-order valence-electron chi connectivity index (χ0n) is 9.05. The predicted molar refractivity (Wildman–Crippen MR) is 54.9 cm³/mol. The van der Waals surface area contributed by atoms with Crippen LogP contribution in [-0.4, -0.2) is 12.6 Å². The maximum atomic E-state index is 11.9. The van der Waals surface area contributed by atoms with E-state index < -0.39 is 0 Å². The maximum Gasteiger partial charge on any atom is 0.312 e. The molecule has 0 radical (unpaired) electrons. The Morgan fingerprint density at radius 2 is 2.00 bits per heavy atom. The van der Waals surface area contributed by atoms with Gasteiger partial charge in [0, 0.05) is 0 Å². The number of hydrogen-bond donors (Lipinski definition) is 0. The number of rotatable bonds is 2. The lowest BCUT2D eigenvalue weighted by Crippen LogP contribution is -2.34. The molecule has 0 spiro atoms. The minimum absolute atomic E-state index is 0.0803. The Morgan fingerprint density at radius 3 is 2.64 bits per heavy atom. The molecule has 0 aromatic heterocycles. The van der Waals surface area contributed by atoms with Gasteiger partial charge in [0.1, 0.15) is 0 Å². The zero-order valence-corrected chi connectivity index (χ0v) is 9.05. The molecule has 3 fully saturated rings. The largest absolute Gasteiger partial charge is 0.466 e. The Morgan fingerprint density at radius 1 is 1.29 bits per heavy atom. The molecular weight excluding hydrogens is 176 g/mol. The third kappa shape index (κ3) is 1.67. The summed E-state index contributed by atoms with van der Waals surface area (Å²) in [5.41, 5.74) is -0.0803. The Hall–Kier alpha value is -0.530. The summed E-state index contributed by atoms with van der Waals surface area (Å²) in [4.78, 5) is 11.9. The average molecular weight is 196 g/mol. The van der Waals surface area contributed by atoms with E-state index in [4.69, 9.17) is 4.74 Å². The molecule has 0 aromatic rings. The minimum atomic E-state index is -0.0803. The first-order chi connectivity index (χ1) is 6.77. The first-order valence-corrected chi connectivity index (χ1v) is 5.94. The molecule has 0 atom stereocenters. The van der Waals surface area contributed by atoms with Crippen molar-refractivity contribution < 1.29 is 9.53 Å². The van der Waals surface area contributed by atoms with Crippen LogP contribution in [0.3, 0.4) is 0 Å². The highest BCUT2D eigenvalue weighted by Gasteiger charge is 2.44. The van der Waals surface area contributed by atoms with Crippen LogP contribution in [0, 0.1) is 11.3 Å². The summed E-state index contributed by atoms with van der Waals surface area (Å²) in [6, 6.07) is 0. The standard InChI is InChI=1S/C12H20O2/c1-2-14-11(13)12-7-3-4-10(5-8-12)6-9-12/h10H,2-9H2,1H3. The lowest BCUT2D eigenvalue weighted by atomic mass is 9.71. The van der Waals surface area contributed by atoms with Crippen LogP contribution in [0.15, 0.2) is 0 Å². The Kier molecular flexibility index (Phi) is 2.80. The van der Waals surface area contributed by atoms with Crippen LogP contribution >= 0.6 is 0 Å². The van der Waals surface area contributed by atoms with Crippen molar-refractivity contribution in [3.63, 3.8) is 0 Å². The molecule has 0 saturated heterocycles. The molecule has 0 heterocycles. The summed E-state index contributed by atoms with van der Waals surface area (Å²) in [5, 5.41) is 0. The molecule has 3 rings (SSSR count). The van der Waals surface area contributed by atoms with Gasteiger partial charge < -0.3 is 4.74 Å². The molecule has 0 unspecified atom stereocenters. The second-order valence-corrected chi connectivity index (χ2v) is 4.84. The monoisotopic (exact) mass is 196 g/mol. The second-order valence-electron chi connectivity index (χ2n) is 4.84. The average Bonchev–Trinajstić information content (AvgIpc) is 2.52. The van der Waals surface area contributed by atoms with E-state index in [1.807, 2.05) is 6.92 Å². The van der Waals surface area contributed by atoms with E-state index in [-0.39, 0.29) is 11.4 Å². The SMILES string of the molecule is CCOC(=O)C12CCCC(CC1)CC2. The highest BCUT2D eigenvalue weighted by molar-refractivity contribution is 5.77. The van der Waals surface area contributed by atoms with E-state index in [0.717, 1.165) is 25.2 Å². The van der Waals surface area contributed by atoms with E-state index in [1.165, 1.54) is 25.7 Å². The van der Waals surface area contributed by atoms with Crippen LogP contribution in [0.5, 0.6) is 0 Å². The van der Waals surface area contributed by atoms with Crippen molar-refractivity contribution in [1.82, 2.24) is 0 Å². The number of ether oxygens (including phenoxy) is 1. The van der Waals surface area contributed by atoms with Gasteiger partial charge in [-0.15, -0.1) is 0 Å². The first-order valence-electron chi connectivity index (χ1n) is 5.94. The molecule has 2 bridgehead atoms. The van der Waals surface area contributed by atoms with Crippen molar-refractivity contribution in [2.24, 2.45) is 11.3 Å². The van der Waals surface area contributed by atoms with Crippen LogP contribution in [0.2, 0.25) is 0 Å². The summed E-state index contributed by atoms with van der Waals surface area (Å²) in [6.45, 7) is 2.43. The van der Waals surface area contributed by atoms with Crippen LogP contribution in [0.4, 0.5) is 0 Å². The summed E-state index contributed by atoms with van der Waals surface area (Å²) in [7, 11) is 0. The Balaban J connectivity index is 2.09. The van der Waals surface area contributed by atoms with Crippen molar-refractivity contribution in [1.29, 1.82) is 0 Å². The highest BCUT2D eigenvalue weighted by Crippen LogP contribution is 2.48. The third-order valence-corrected chi connectivity index (χ3v) is 4.04. The minimum Gasteiger partial charge on any atom is -0.466 e. The highest BCUT2D eigenvalue weighted by atomic mass is 16.5. The van der Waals surface area contributed by atoms with Crippen molar-refractivity contribution in [3.8, 4) is 0 Å². The summed E-state index contributed by atoms with van der Waals surface area (Å²) < 4.78 is 5.22. The number of carbonyl (C=O) groups excluding carboxylic acids is 1. The van der Waals surface area contributed by atoms with Crippen LogP contribution < -0.4 is 0 Å². The molecule has 3 saturated carbocycles. The number of carbonyl (C=O) groups is 1. The van der Waals surface area contributed by atoms with Crippen molar-refractivity contribution in [2.45, 2.75) is 51.9 Å². The molecule has 80 valence electrons. The second kappa shape index (κ2) is 3.92. The van der Waals surface area contributed by atoms with E-state index >= 15 is 0 Å². The van der Waals surface area contributed by atoms with Crippen LogP contribution in [-0.2, 0) is 9.53 Å². The van der Waals surface area contributed by atoms with Gasteiger partial charge in [-0.25, -0.2) is 0 Å². The lowest BCUT2D eigenvalue weighted by Gasteiger charge is -2.34. The fraction of sp³-hybridized carbons (Fsp3) is 0.917. The van der Waals surface area contributed by atoms with E-state index in [9.17, 15) is 4.79 Å². The van der Waals surface area contributed by atoms with Gasteiger partial charge in [-0.2, -0.15) is 0 Å². The van der Waals surface area contributed by atoms with Crippen molar-refractivity contribution in [3.05, 3.63) is 0 Å². The van der Waals surface area contributed by atoms with Gasteiger partial charge in [-0.1, -0.05) is 12.8 Å². The first kappa shape index (κ1) is 10.0. The molecule has 3 aliphatic rings. The Bertz CT molecular complexity index is 209. The molecule has 3 aliphatic carbocycles. The van der Waals surface area contributed by atoms with Gasteiger partial charge in [0.2, 0.25) is 0 Å². The van der Waals surface area contributed by atoms with Gasteiger partial charge in [-0.05, 0) is 44.9 Å². The maximum absolute atomic E-state index is 11.9. The summed E-state index contributed by atoms with van der Waals surface area (Å²) >= 11 is 0. The smallest absolute Gasteiger partial charge is 0.312 e. The zero-order chi connectivity index (χ0) is 10.0. The van der Waals surface area contributed by atoms with E-state index in [1.54, 1.807) is 0 Å². The quantitative estimate of drug-likeness (QED) is 0.635. The summed E-state index contributed by atoms with van der Waals surface area (Å²) in [6.07, 6.45) is 8.29. The third-order valence-electron chi connectivity index (χ3n) is 4.04. The fourth-order valence-electron chi connectivity index (χ4n) is 3.09. The summed E-state index contributed by atoms with van der Waals surface area (Å²) in [5.74, 6) is 0.986. The number of esters is 1.